The fourth-order valence-electron chi connectivity index (χ4n) is 4.59. The number of carbonyl (C=O) groups is 3. The van der Waals surface area contributed by atoms with Crippen LogP contribution in [-0.2, 0) is 20.5 Å². The zero-order valence-corrected chi connectivity index (χ0v) is 15.3. The minimum Gasteiger partial charge on any atom is -0.377 e. The van der Waals surface area contributed by atoms with Crippen molar-refractivity contribution in [1.29, 1.82) is 5.26 Å². The van der Waals surface area contributed by atoms with E-state index in [2.05, 4.69) is 0 Å². The van der Waals surface area contributed by atoms with Crippen LogP contribution in [0.2, 0.25) is 0 Å². The summed E-state index contributed by atoms with van der Waals surface area (Å²) in [6.45, 7) is 0.461. The normalized spacial score (nSPS) is 30.6. The molecule has 0 N–H and O–H groups in total. The number of alkyl halides is 3. The number of nitrogens with zero attached hydrogens (tertiary/aromatic N) is 4. The Morgan fingerprint density at radius 1 is 1.34 bits per heavy atom. The van der Waals surface area contributed by atoms with Crippen LogP contribution in [0.4, 0.5) is 23.7 Å². The summed E-state index contributed by atoms with van der Waals surface area (Å²) in [4.78, 5) is 41.4. The molecule has 0 aromatic heterocycles. The molecule has 3 heterocycles. The van der Waals surface area contributed by atoms with Gasteiger partial charge in [0, 0.05) is 7.11 Å². The summed E-state index contributed by atoms with van der Waals surface area (Å²) in [5.74, 6) is -0.983. The van der Waals surface area contributed by atoms with Crippen molar-refractivity contribution in [2.24, 2.45) is 0 Å². The Bertz CT molecular complexity index is 973. The molecule has 1 spiro atoms. The quantitative estimate of drug-likeness (QED) is 0.547. The van der Waals surface area contributed by atoms with Crippen molar-refractivity contribution in [3.63, 3.8) is 0 Å². The number of ketones is 1. The van der Waals surface area contributed by atoms with Crippen molar-refractivity contribution in [2.75, 3.05) is 38.4 Å². The van der Waals surface area contributed by atoms with Crippen molar-refractivity contribution in [3.05, 3.63) is 29.3 Å². The number of halogens is 3. The molecule has 11 heteroatoms. The van der Waals surface area contributed by atoms with Gasteiger partial charge in [0.25, 0.3) is 5.91 Å². The van der Waals surface area contributed by atoms with Crippen molar-refractivity contribution in [1.82, 2.24) is 4.90 Å². The highest BCUT2D eigenvalue weighted by Crippen LogP contribution is 2.44. The maximum Gasteiger partial charge on any atom is 0.433 e. The van der Waals surface area contributed by atoms with Crippen LogP contribution < -0.4 is 4.90 Å². The lowest BCUT2D eigenvalue weighted by Crippen LogP contribution is -2.62. The molecular weight excluding hydrogens is 393 g/mol. The lowest BCUT2D eigenvalue weighted by molar-refractivity contribution is -0.852. The summed E-state index contributed by atoms with van der Waals surface area (Å²) in [6, 6.07) is 1.79. The molecule has 8 nitrogen and oxygen atoms in total. The minimum absolute atomic E-state index is 0.147. The highest BCUT2D eigenvalue weighted by atomic mass is 19.4. The van der Waals surface area contributed by atoms with E-state index in [1.54, 1.807) is 0 Å². The monoisotopic (exact) mass is 409 g/mol. The summed E-state index contributed by atoms with van der Waals surface area (Å²) < 4.78 is 44.4. The molecule has 4 rings (SSSR count). The number of benzene rings is 1. The number of piperazine rings is 1. The van der Waals surface area contributed by atoms with Crippen molar-refractivity contribution < 1.29 is 36.8 Å². The first-order valence-electron chi connectivity index (χ1n) is 8.76. The third-order valence-corrected chi connectivity index (χ3v) is 5.81. The van der Waals surface area contributed by atoms with Gasteiger partial charge in [-0.2, -0.15) is 23.3 Å². The summed E-state index contributed by atoms with van der Waals surface area (Å²) >= 11 is 0. The molecule has 3 saturated heterocycles. The average molecular weight is 409 g/mol. The van der Waals surface area contributed by atoms with E-state index >= 15 is 0 Å². The molecular formula is C18H16F3N4O4+. The number of anilines is 1. The number of amides is 3. The molecule has 152 valence electrons. The number of rotatable bonds is 4. The van der Waals surface area contributed by atoms with Gasteiger partial charge < -0.3 is 4.74 Å². The van der Waals surface area contributed by atoms with E-state index < -0.39 is 45.8 Å². The zero-order valence-electron chi connectivity index (χ0n) is 15.3. The lowest BCUT2D eigenvalue weighted by Gasteiger charge is -2.32. The van der Waals surface area contributed by atoms with Gasteiger partial charge in [-0.15, -0.1) is 0 Å². The number of carbonyl (C=O) groups excluding carboxylic acids is 3. The number of urea groups is 1. The predicted octanol–water partition coefficient (Wildman–Crippen LogP) is 1.10. The van der Waals surface area contributed by atoms with Gasteiger partial charge in [-0.1, -0.05) is 0 Å². The molecule has 3 unspecified atom stereocenters. The van der Waals surface area contributed by atoms with Crippen LogP contribution in [0.1, 0.15) is 11.1 Å². The molecule has 3 aliphatic rings. The number of hydrogen-bond donors (Lipinski definition) is 0. The molecule has 4 atom stereocenters. The smallest absolute Gasteiger partial charge is 0.377 e. The number of nitriles is 1. The van der Waals surface area contributed by atoms with Gasteiger partial charge in [-0.3, -0.25) is 9.59 Å². The number of imide groups is 1. The topological polar surface area (TPSA) is 90.7 Å². The van der Waals surface area contributed by atoms with E-state index in [0.717, 1.165) is 17.0 Å². The summed E-state index contributed by atoms with van der Waals surface area (Å²) in [6.07, 6.45) is -4.82. The van der Waals surface area contributed by atoms with Gasteiger partial charge in [0.2, 0.25) is 5.78 Å². The van der Waals surface area contributed by atoms with Gasteiger partial charge >= 0.3 is 12.2 Å². The third kappa shape index (κ3) is 2.60. The molecule has 0 aliphatic carbocycles. The molecule has 0 saturated carbocycles. The van der Waals surface area contributed by atoms with Gasteiger partial charge in [0.1, 0.15) is 13.3 Å². The van der Waals surface area contributed by atoms with E-state index in [-0.39, 0.29) is 37.8 Å². The van der Waals surface area contributed by atoms with Crippen LogP contribution in [0.25, 0.3) is 0 Å². The second-order valence-corrected chi connectivity index (χ2v) is 7.33. The Morgan fingerprint density at radius 3 is 2.69 bits per heavy atom. The fraction of sp³-hybridized carbons (Fsp3) is 0.444. The highest BCUT2D eigenvalue weighted by Gasteiger charge is 2.73. The number of ether oxygens (including phenoxy) is 1. The third-order valence-electron chi connectivity index (χ3n) is 5.81. The van der Waals surface area contributed by atoms with E-state index in [1.165, 1.54) is 13.2 Å². The summed E-state index contributed by atoms with van der Waals surface area (Å²) in [5, 5.41) is 8.95. The van der Waals surface area contributed by atoms with E-state index in [9.17, 15) is 27.6 Å². The van der Waals surface area contributed by atoms with Crippen LogP contribution in [0.5, 0.6) is 0 Å². The van der Waals surface area contributed by atoms with Gasteiger partial charge in [0.15, 0.2) is 12.1 Å². The number of Topliss-reactive ketones (excluding diaryl/α,β-unsaturated/α-hetero) is 1. The Hall–Kier alpha value is -2.81. The van der Waals surface area contributed by atoms with Crippen LogP contribution in [-0.4, -0.2) is 72.7 Å². The van der Waals surface area contributed by atoms with Crippen molar-refractivity contribution in [3.8, 4) is 6.07 Å². The number of fused-ring (bicyclic) bond motifs is 1. The van der Waals surface area contributed by atoms with E-state index in [1.807, 2.05) is 4.90 Å². The average Bonchev–Trinajstić information content (AvgIpc) is 3.30. The number of hydrogen-bond acceptors (Lipinski definition) is 6. The summed E-state index contributed by atoms with van der Waals surface area (Å²) in [5.41, 5.74) is -2.08. The Morgan fingerprint density at radius 2 is 2.07 bits per heavy atom. The SMILES string of the molecule is COCC(=O)C1C[N@@]2CC3C(=O)N(c4ccc(C#N)c(C(F)(F)F)c4)C(=O)[N+]13C2. The number of methoxy groups -OCH3 is 1. The minimum atomic E-state index is -4.82. The lowest BCUT2D eigenvalue weighted by atomic mass is 10.0. The molecule has 3 amide bonds. The maximum absolute atomic E-state index is 13.3. The Balaban J connectivity index is 1.77. The van der Waals surface area contributed by atoms with E-state index in [0.29, 0.717) is 6.07 Å². The first kappa shape index (κ1) is 19.5. The van der Waals surface area contributed by atoms with E-state index in [4.69, 9.17) is 10.00 Å². The van der Waals surface area contributed by atoms with Crippen LogP contribution in [0.3, 0.4) is 0 Å². The zero-order chi connectivity index (χ0) is 21.1. The molecule has 29 heavy (non-hydrogen) atoms. The standard InChI is InChI=1S/C18H16F3N4O4/c1-29-8-15(26)13-6-23-7-14-16(27)24(17(28)25(13,14)9-23)11-3-2-10(5-22)12(4-11)18(19,20)21/h2-4,13-14H,6-9H2,1H3/q+1. The first-order chi connectivity index (χ1) is 13.6. The van der Waals surface area contributed by atoms with Crippen molar-refractivity contribution >= 4 is 23.4 Å². The largest absolute Gasteiger partial charge is 0.433 e. The highest BCUT2D eigenvalue weighted by molar-refractivity contribution is 6.18. The van der Waals surface area contributed by atoms with Crippen LogP contribution in [0, 0.1) is 11.3 Å². The van der Waals surface area contributed by atoms with Crippen LogP contribution in [0.15, 0.2) is 18.2 Å². The van der Waals surface area contributed by atoms with Gasteiger partial charge in [0.05, 0.1) is 36.0 Å². The summed E-state index contributed by atoms with van der Waals surface area (Å²) in [7, 11) is 1.34. The molecule has 1 aromatic rings. The van der Waals surface area contributed by atoms with Crippen molar-refractivity contribution in [2.45, 2.75) is 18.3 Å². The fourth-order valence-corrected chi connectivity index (χ4v) is 4.59. The first-order valence-corrected chi connectivity index (χ1v) is 8.76. The Kier molecular flexibility index (Phi) is 4.27. The molecule has 2 bridgehead atoms. The van der Waals surface area contributed by atoms with Gasteiger partial charge in [-0.05, 0) is 18.2 Å². The molecule has 0 radical (unpaired) electrons. The molecule has 3 fully saturated rings. The molecule has 3 aliphatic heterocycles. The maximum atomic E-state index is 13.3. The van der Waals surface area contributed by atoms with Crippen LogP contribution >= 0.6 is 0 Å². The second kappa shape index (κ2) is 6.35. The number of quaternary nitrogens is 1. The molecule has 1 aromatic carbocycles. The second-order valence-electron chi connectivity index (χ2n) is 7.33. The predicted molar refractivity (Wildman–Crippen MR) is 90.2 cm³/mol. The Labute approximate surface area is 163 Å². The van der Waals surface area contributed by atoms with Gasteiger partial charge in [-0.25, -0.2) is 14.2 Å².